The van der Waals surface area contributed by atoms with Gasteiger partial charge in [-0.3, -0.25) is 4.79 Å². The van der Waals surface area contributed by atoms with Crippen molar-refractivity contribution in [3.8, 4) is 34.3 Å². The predicted octanol–water partition coefficient (Wildman–Crippen LogP) is -0.0826. The van der Waals surface area contributed by atoms with Crippen LogP contribution in [0.3, 0.4) is 0 Å². The van der Waals surface area contributed by atoms with Gasteiger partial charge in [-0.15, -0.1) is 0 Å². The Balaban J connectivity index is 0.00000204. The van der Waals surface area contributed by atoms with Crippen LogP contribution in [-0.4, -0.2) is 26.2 Å². The highest BCUT2D eigenvalue weighted by Gasteiger charge is 2.33. The molecule has 0 N–H and O–H groups in total. The van der Waals surface area contributed by atoms with Crippen molar-refractivity contribution in [2.45, 2.75) is 26.3 Å². The van der Waals surface area contributed by atoms with Crippen LogP contribution in [0.2, 0.25) is 0 Å². The molecule has 8 heteroatoms. The van der Waals surface area contributed by atoms with Gasteiger partial charge in [-0.25, -0.2) is 0 Å². The number of hydrogen-bond acceptors (Lipinski definition) is 6. The van der Waals surface area contributed by atoms with Crippen LogP contribution in [-0.2, 0) is 28.9 Å². The van der Waals surface area contributed by atoms with Gasteiger partial charge in [0, 0.05) is 17.4 Å². The van der Waals surface area contributed by atoms with Gasteiger partial charge in [-0.2, -0.15) is 4.57 Å². The maximum Gasteiger partial charge on any atom is 0.310 e. The molecule has 6 rings (SSSR count). The highest BCUT2D eigenvalue weighted by molar-refractivity contribution is 5.97. The third-order valence-corrected chi connectivity index (χ3v) is 5.86. The van der Waals surface area contributed by atoms with E-state index in [0.717, 1.165) is 63.6 Å². The van der Waals surface area contributed by atoms with E-state index in [1.54, 1.807) is 0 Å². The SMILES string of the molecule is CCOC(=O)Cc1c2[n+](cc3c4c(ccc13)OCO4)CCc1cc3c(cc1-2)OCO3.[Cl-]. The maximum atomic E-state index is 12.5. The summed E-state index contributed by atoms with van der Waals surface area (Å²) in [4.78, 5) is 12.5. The maximum absolute atomic E-state index is 12.5. The van der Waals surface area contributed by atoms with Crippen molar-refractivity contribution in [1.82, 2.24) is 0 Å². The lowest BCUT2D eigenvalue weighted by Crippen LogP contribution is -3.00. The molecule has 31 heavy (non-hydrogen) atoms. The lowest BCUT2D eigenvalue weighted by Gasteiger charge is -2.20. The summed E-state index contributed by atoms with van der Waals surface area (Å²) in [7, 11) is 0. The molecule has 160 valence electrons. The van der Waals surface area contributed by atoms with E-state index in [1.165, 1.54) is 5.56 Å². The van der Waals surface area contributed by atoms with Crippen LogP contribution >= 0.6 is 0 Å². The minimum absolute atomic E-state index is 0. The van der Waals surface area contributed by atoms with E-state index in [4.69, 9.17) is 23.7 Å². The Morgan fingerprint density at radius 3 is 2.65 bits per heavy atom. The molecule has 7 nitrogen and oxygen atoms in total. The molecule has 0 unspecified atom stereocenters. The van der Waals surface area contributed by atoms with E-state index in [-0.39, 0.29) is 38.4 Å². The molecule has 4 heterocycles. The average molecular weight is 442 g/mol. The van der Waals surface area contributed by atoms with Crippen LogP contribution in [0, 0.1) is 0 Å². The van der Waals surface area contributed by atoms with Crippen LogP contribution in [0.15, 0.2) is 30.5 Å². The molecule has 0 radical (unpaired) electrons. The first kappa shape index (κ1) is 19.8. The Morgan fingerprint density at radius 2 is 1.81 bits per heavy atom. The van der Waals surface area contributed by atoms with Crippen molar-refractivity contribution in [3.05, 3.63) is 41.6 Å². The number of nitrogens with zero attached hydrogens (tertiary/aromatic N) is 1. The molecular formula is C23H20ClNO6. The van der Waals surface area contributed by atoms with Gasteiger partial charge in [-0.1, -0.05) is 0 Å². The predicted molar refractivity (Wildman–Crippen MR) is 106 cm³/mol. The van der Waals surface area contributed by atoms with Crippen molar-refractivity contribution in [2.24, 2.45) is 0 Å². The molecule has 0 aliphatic carbocycles. The number of carbonyl (C=O) groups is 1. The lowest BCUT2D eigenvalue weighted by atomic mass is 9.90. The summed E-state index contributed by atoms with van der Waals surface area (Å²) in [6, 6.07) is 7.98. The number of halogens is 1. The molecule has 0 saturated heterocycles. The van der Waals surface area contributed by atoms with Gasteiger partial charge in [0.25, 0.3) is 0 Å². The first-order valence-corrected chi connectivity index (χ1v) is 10.1. The highest BCUT2D eigenvalue weighted by atomic mass is 35.5. The third-order valence-electron chi connectivity index (χ3n) is 5.86. The highest BCUT2D eigenvalue weighted by Crippen LogP contribution is 2.44. The summed E-state index contributed by atoms with van der Waals surface area (Å²) in [6.07, 6.45) is 3.13. The number of pyridine rings is 1. The molecule has 3 aromatic rings. The summed E-state index contributed by atoms with van der Waals surface area (Å²) in [6.45, 7) is 3.39. The number of rotatable bonds is 3. The standard InChI is InChI=1S/C23H20NO6.ClH/c1-2-26-21(25)9-16-14-3-4-18-23(30-12-27-18)17(14)10-24-6-5-13-7-19-20(29-11-28-19)8-15(13)22(16)24;/h3-4,7-8,10H,2,5-6,9,11-12H2,1H3;1H/q+1;/p-1. The van der Waals surface area contributed by atoms with Gasteiger partial charge in [0.15, 0.2) is 35.7 Å². The minimum Gasteiger partial charge on any atom is -1.00 e. The van der Waals surface area contributed by atoms with Gasteiger partial charge < -0.3 is 36.1 Å². The van der Waals surface area contributed by atoms with Crippen molar-refractivity contribution in [1.29, 1.82) is 0 Å². The largest absolute Gasteiger partial charge is 1.00 e. The minimum atomic E-state index is -0.252. The molecular weight excluding hydrogens is 422 g/mol. The number of ether oxygens (including phenoxy) is 5. The van der Waals surface area contributed by atoms with Gasteiger partial charge in [0.05, 0.1) is 24.0 Å². The van der Waals surface area contributed by atoms with Crippen LogP contribution in [0.1, 0.15) is 18.1 Å². The van der Waals surface area contributed by atoms with Crippen molar-refractivity contribution < 1.29 is 45.5 Å². The van der Waals surface area contributed by atoms with Gasteiger partial charge in [0.1, 0.15) is 0 Å². The topological polar surface area (TPSA) is 67.1 Å². The Morgan fingerprint density at radius 1 is 1.03 bits per heavy atom. The zero-order valence-electron chi connectivity index (χ0n) is 16.9. The van der Waals surface area contributed by atoms with Crippen molar-refractivity contribution in [2.75, 3.05) is 20.2 Å². The van der Waals surface area contributed by atoms with E-state index < -0.39 is 0 Å². The first-order chi connectivity index (χ1) is 14.7. The Labute approximate surface area is 184 Å². The first-order valence-electron chi connectivity index (χ1n) is 10.1. The molecule has 0 amide bonds. The molecule has 2 aromatic carbocycles. The number of benzene rings is 2. The van der Waals surface area contributed by atoms with E-state index in [2.05, 4.69) is 16.8 Å². The van der Waals surface area contributed by atoms with E-state index in [1.807, 2.05) is 25.1 Å². The second-order valence-electron chi connectivity index (χ2n) is 7.50. The van der Waals surface area contributed by atoms with E-state index >= 15 is 0 Å². The zero-order chi connectivity index (χ0) is 20.2. The van der Waals surface area contributed by atoms with Crippen LogP contribution in [0.25, 0.3) is 22.0 Å². The van der Waals surface area contributed by atoms with Crippen LogP contribution in [0.5, 0.6) is 23.0 Å². The molecule has 3 aliphatic heterocycles. The quantitative estimate of drug-likeness (QED) is 0.418. The van der Waals surface area contributed by atoms with Gasteiger partial charge >= 0.3 is 5.97 Å². The average Bonchev–Trinajstić information content (AvgIpc) is 3.40. The molecule has 0 fully saturated rings. The lowest BCUT2D eigenvalue weighted by molar-refractivity contribution is -0.686. The molecule has 3 aliphatic rings. The van der Waals surface area contributed by atoms with Crippen molar-refractivity contribution >= 4 is 16.7 Å². The summed E-state index contributed by atoms with van der Waals surface area (Å²) >= 11 is 0. The Hall–Kier alpha value is -3.19. The Bertz CT molecular complexity index is 1220. The van der Waals surface area contributed by atoms with Crippen LogP contribution < -0.4 is 35.9 Å². The number of hydrogen-bond donors (Lipinski definition) is 0. The molecule has 0 atom stereocenters. The monoisotopic (exact) mass is 441 g/mol. The number of aromatic nitrogens is 1. The fourth-order valence-electron chi connectivity index (χ4n) is 4.59. The van der Waals surface area contributed by atoms with E-state index in [9.17, 15) is 4.79 Å². The fourth-order valence-corrected chi connectivity index (χ4v) is 4.59. The third kappa shape index (κ3) is 3.03. The summed E-state index contributed by atoms with van der Waals surface area (Å²) in [5.41, 5.74) is 4.17. The second kappa shape index (κ2) is 7.50. The zero-order valence-corrected chi connectivity index (χ0v) is 17.7. The van der Waals surface area contributed by atoms with Gasteiger partial charge in [-0.05, 0) is 36.8 Å². The molecule has 0 bridgehead atoms. The summed E-state index contributed by atoms with van der Waals surface area (Å²) in [5.74, 6) is 2.71. The number of esters is 1. The number of aryl methyl sites for hydroxylation is 2. The smallest absolute Gasteiger partial charge is 0.310 e. The van der Waals surface area contributed by atoms with Gasteiger partial charge in [0.2, 0.25) is 19.3 Å². The number of fused-ring (bicyclic) bond motifs is 7. The second-order valence-corrected chi connectivity index (χ2v) is 7.50. The molecule has 1 aromatic heterocycles. The fraction of sp³-hybridized carbons (Fsp3) is 0.304. The van der Waals surface area contributed by atoms with E-state index in [0.29, 0.717) is 6.61 Å². The molecule has 0 saturated carbocycles. The van der Waals surface area contributed by atoms with Crippen molar-refractivity contribution in [3.63, 3.8) is 0 Å². The van der Waals surface area contributed by atoms with Crippen LogP contribution in [0.4, 0.5) is 0 Å². The summed E-state index contributed by atoms with van der Waals surface area (Å²) < 4.78 is 30.0. The molecule has 0 spiro atoms. The normalized spacial score (nSPS) is 14.6. The Kier molecular flexibility index (Phi) is 4.78. The summed E-state index contributed by atoms with van der Waals surface area (Å²) in [5, 5.41) is 1.90. The number of carbonyl (C=O) groups excluding carboxylic acids is 1.